The van der Waals surface area contributed by atoms with E-state index in [1.807, 2.05) is 24.3 Å². The number of rotatable bonds is 6. The number of amides is 1. The van der Waals surface area contributed by atoms with Gasteiger partial charge in [-0.3, -0.25) is 9.48 Å². The monoisotopic (exact) mass is 442 g/mol. The molecule has 1 atom stereocenters. The quantitative estimate of drug-likeness (QED) is 0.585. The second kappa shape index (κ2) is 7.97. The minimum atomic E-state index is -3.82. The highest BCUT2D eigenvalue weighted by Gasteiger charge is 2.34. The minimum Gasteiger partial charge on any atom is -0.468 e. The van der Waals surface area contributed by atoms with E-state index < -0.39 is 16.1 Å². The molecule has 9 heteroatoms. The van der Waals surface area contributed by atoms with Crippen molar-refractivity contribution in [1.29, 1.82) is 0 Å². The van der Waals surface area contributed by atoms with E-state index in [0.717, 1.165) is 17.7 Å². The summed E-state index contributed by atoms with van der Waals surface area (Å²) in [7, 11) is -2.31. The van der Waals surface area contributed by atoms with Crippen molar-refractivity contribution in [2.45, 2.75) is 44.7 Å². The maximum absolute atomic E-state index is 13.3. The summed E-state index contributed by atoms with van der Waals surface area (Å²) < 4.78 is 34.6. The lowest BCUT2D eigenvalue weighted by atomic mass is 10.2. The van der Waals surface area contributed by atoms with Crippen LogP contribution < -0.4 is 4.90 Å². The molecule has 0 aliphatic carbocycles. The van der Waals surface area contributed by atoms with Gasteiger partial charge in [0.05, 0.1) is 24.2 Å². The number of sulfonamides is 1. The molecule has 3 aromatic rings. The Balaban J connectivity index is 1.63. The zero-order valence-corrected chi connectivity index (χ0v) is 18.9. The van der Waals surface area contributed by atoms with Crippen LogP contribution in [-0.2, 0) is 27.8 Å². The van der Waals surface area contributed by atoms with Crippen molar-refractivity contribution >= 4 is 21.6 Å². The Morgan fingerprint density at radius 3 is 2.68 bits per heavy atom. The topological polar surface area (TPSA) is 88.7 Å². The molecular weight excluding hydrogens is 416 g/mol. The number of benzene rings is 1. The molecule has 0 radical (unpaired) electrons. The molecule has 2 aromatic heterocycles. The standard InChI is InChI=1S/C22H26N4O4S/c1-15-21(31(28,29)24(4)14-19-9-7-13-30-19)16(2)26(23-15)17(3)22(27)25-12-11-18-8-5-6-10-20(18)25/h5-10,13,17H,11-12,14H2,1-4H3/t17-/m0/s1. The molecule has 1 aliphatic rings. The van der Waals surface area contributed by atoms with Crippen molar-refractivity contribution in [3.63, 3.8) is 0 Å². The van der Waals surface area contributed by atoms with E-state index in [-0.39, 0.29) is 17.3 Å². The van der Waals surface area contributed by atoms with Crippen LogP contribution in [-0.4, -0.2) is 42.0 Å². The van der Waals surface area contributed by atoms with E-state index in [9.17, 15) is 13.2 Å². The molecule has 1 amide bonds. The van der Waals surface area contributed by atoms with Gasteiger partial charge in [-0.25, -0.2) is 8.42 Å². The van der Waals surface area contributed by atoms with Gasteiger partial charge in [0.2, 0.25) is 10.0 Å². The van der Waals surface area contributed by atoms with E-state index in [4.69, 9.17) is 4.42 Å². The van der Waals surface area contributed by atoms with Crippen molar-refractivity contribution in [3.8, 4) is 0 Å². The molecule has 0 N–H and O–H groups in total. The van der Waals surface area contributed by atoms with E-state index in [0.29, 0.717) is 23.7 Å². The lowest BCUT2D eigenvalue weighted by molar-refractivity contribution is -0.121. The van der Waals surface area contributed by atoms with Gasteiger partial charge in [-0.2, -0.15) is 9.40 Å². The van der Waals surface area contributed by atoms with Crippen molar-refractivity contribution in [3.05, 3.63) is 65.4 Å². The smallest absolute Gasteiger partial charge is 0.251 e. The normalized spacial score (nSPS) is 14.8. The van der Waals surface area contributed by atoms with Gasteiger partial charge in [-0.15, -0.1) is 0 Å². The van der Waals surface area contributed by atoms with Gasteiger partial charge in [0.15, 0.2) is 0 Å². The van der Waals surface area contributed by atoms with E-state index in [1.54, 1.807) is 37.8 Å². The van der Waals surface area contributed by atoms with Crippen LogP contribution in [0.25, 0.3) is 0 Å². The van der Waals surface area contributed by atoms with Gasteiger partial charge >= 0.3 is 0 Å². The maximum Gasteiger partial charge on any atom is 0.251 e. The molecule has 31 heavy (non-hydrogen) atoms. The largest absolute Gasteiger partial charge is 0.468 e. The fourth-order valence-electron chi connectivity index (χ4n) is 4.16. The molecule has 1 aromatic carbocycles. The van der Waals surface area contributed by atoms with Crippen molar-refractivity contribution in [2.24, 2.45) is 0 Å². The Kier molecular flexibility index (Phi) is 5.49. The Morgan fingerprint density at radius 1 is 1.23 bits per heavy atom. The molecule has 0 saturated carbocycles. The van der Waals surface area contributed by atoms with Crippen LogP contribution in [0.15, 0.2) is 52.0 Å². The summed E-state index contributed by atoms with van der Waals surface area (Å²) in [5.74, 6) is 0.438. The summed E-state index contributed by atoms with van der Waals surface area (Å²) in [6.07, 6.45) is 2.32. The SMILES string of the molecule is Cc1nn([C@@H](C)C(=O)N2CCc3ccccc32)c(C)c1S(=O)(=O)N(C)Cc1ccco1. The van der Waals surface area contributed by atoms with Gasteiger partial charge < -0.3 is 9.32 Å². The zero-order chi connectivity index (χ0) is 22.3. The number of aromatic nitrogens is 2. The Hall–Kier alpha value is -2.91. The molecular formula is C22H26N4O4S. The summed E-state index contributed by atoms with van der Waals surface area (Å²) in [6, 6.07) is 10.6. The summed E-state index contributed by atoms with van der Waals surface area (Å²) in [5.41, 5.74) is 2.86. The average molecular weight is 443 g/mol. The highest BCUT2D eigenvalue weighted by atomic mass is 32.2. The molecule has 0 unspecified atom stereocenters. The first-order valence-electron chi connectivity index (χ1n) is 10.2. The van der Waals surface area contributed by atoms with Crippen molar-refractivity contribution < 1.29 is 17.6 Å². The molecule has 0 saturated heterocycles. The van der Waals surface area contributed by atoms with E-state index in [1.165, 1.54) is 22.3 Å². The number of carbonyl (C=O) groups excluding carboxylic acids is 1. The number of hydrogen-bond acceptors (Lipinski definition) is 5. The van der Waals surface area contributed by atoms with Crippen LogP contribution in [0.2, 0.25) is 0 Å². The first-order valence-corrected chi connectivity index (χ1v) is 11.6. The number of hydrogen-bond donors (Lipinski definition) is 0. The van der Waals surface area contributed by atoms with Crippen LogP contribution in [0.4, 0.5) is 5.69 Å². The van der Waals surface area contributed by atoms with Crippen LogP contribution in [0.3, 0.4) is 0 Å². The number of anilines is 1. The minimum absolute atomic E-state index is 0.108. The third kappa shape index (κ3) is 3.68. The predicted octanol–water partition coefficient (Wildman–Crippen LogP) is 3.06. The third-order valence-corrected chi connectivity index (χ3v) is 7.82. The van der Waals surface area contributed by atoms with Gasteiger partial charge in [-0.1, -0.05) is 18.2 Å². The average Bonchev–Trinajstić information content (AvgIpc) is 3.46. The lowest BCUT2D eigenvalue weighted by Crippen LogP contribution is -2.35. The number of furan rings is 1. The fourth-order valence-corrected chi connectivity index (χ4v) is 5.65. The number of aryl methyl sites for hydroxylation is 1. The van der Waals surface area contributed by atoms with Crippen LogP contribution in [0.5, 0.6) is 0 Å². The van der Waals surface area contributed by atoms with Crippen LogP contribution in [0.1, 0.15) is 35.7 Å². The van der Waals surface area contributed by atoms with Crippen LogP contribution >= 0.6 is 0 Å². The lowest BCUT2D eigenvalue weighted by Gasteiger charge is -2.23. The summed E-state index contributed by atoms with van der Waals surface area (Å²) in [6.45, 7) is 5.82. The van der Waals surface area contributed by atoms with Crippen molar-refractivity contribution in [2.75, 3.05) is 18.5 Å². The number of nitrogens with zero attached hydrogens (tertiary/aromatic N) is 4. The number of para-hydroxylation sites is 1. The van der Waals surface area contributed by atoms with Crippen LogP contribution in [0, 0.1) is 13.8 Å². The van der Waals surface area contributed by atoms with Crippen molar-refractivity contribution in [1.82, 2.24) is 14.1 Å². The Labute approximate surface area is 182 Å². The summed E-state index contributed by atoms with van der Waals surface area (Å²) in [4.78, 5) is 15.2. The van der Waals surface area contributed by atoms with E-state index in [2.05, 4.69) is 5.10 Å². The maximum atomic E-state index is 13.3. The molecule has 3 heterocycles. The highest BCUT2D eigenvalue weighted by molar-refractivity contribution is 7.89. The number of carbonyl (C=O) groups is 1. The Morgan fingerprint density at radius 2 is 1.97 bits per heavy atom. The van der Waals surface area contributed by atoms with Gasteiger partial charge in [0.1, 0.15) is 16.7 Å². The van der Waals surface area contributed by atoms with E-state index >= 15 is 0 Å². The summed E-state index contributed by atoms with van der Waals surface area (Å²) in [5, 5.41) is 4.44. The molecule has 0 bridgehead atoms. The molecule has 0 spiro atoms. The second-order valence-corrected chi connectivity index (χ2v) is 9.81. The molecule has 4 rings (SSSR count). The van der Waals surface area contributed by atoms with Gasteiger partial charge in [-0.05, 0) is 51.0 Å². The molecule has 8 nitrogen and oxygen atoms in total. The predicted molar refractivity (Wildman–Crippen MR) is 116 cm³/mol. The number of fused-ring (bicyclic) bond motifs is 1. The zero-order valence-electron chi connectivity index (χ0n) is 18.1. The molecule has 0 fully saturated rings. The fraction of sp³-hybridized carbons (Fsp3) is 0.364. The molecule has 1 aliphatic heterocycles. The highest BCUT2D eigenvalue weighted by Crippen LogP contribution is 2.31. The second-order valence-electron chi connectivity index (χ2n) is 7.83. The third-order valence-electron chi connectivity index (χ3n) is 5.76. The first kappa shape index (κ1) is 21.3. The van der Waals surface area contributed by atoms with Gasteiger partial charge in [0.25, 0.3) is 5.91 Å². The van der Waals surface area contributed by atoms with Gasteiger partial charge in [0, 0.05) is 19.3 Å². The Bertz CT molecular complexity index is 1210. The molecule has 164 valence electrons. The first-order chi connectivity index (χ1) is 14.7. The summed E-state index contributed by atoms with van der Waals surface area (Å²) >= 11 is 0.